The van der Waals surface area contributed by atoms with Crippen molar-refractivity contribution in [3.63, 3.8) is 0 Å². The van der Waals surface area contributed by atoms with Crippen LogP contribution in [0.15, 0.2) is 60.9 Å². The molecule has 9 nitrogen and oxygen atoms in total. The van der Waals surface area contributed by atoms with E-state index in [0.29, 0.717) is 35.5 Å². The summed E-state index contributed by atoms with van der Waals surface area (Å²) in [5.74, 6) is 2.24. The molecule has 0 saturated carbocycles. The van der Waals surface area contributed by atoms with Crippen molar-refractivity contribution < 1.29 is 0 Å². The summed E-state index contributed by atoms with van der Waals surface area (Å²) in [6.45, 7) is 9.13. The summed E-state index contributed by atoms with van der Waals surface area (Å²) >= 11 is 6.54. The first-order chi connectivity index (χ1) is 17.9. The summed E-state index contributed by atoms with van der Waals surface area (Å²) < 4.78 is 0. The maximum Gasteiger partial charge on any atom is 0.229 e. The van der Waals surface area contributed by atoms with Gasteiger partial charge in [0.2, 0.25) is 5.95 Å². The summed E-state index contributed by atoms with van der Waals surface area (Å²) in [6.07, 6.45) is 3.40. The Kier molecular flexibility index (Phi) is 7.55. The van der Waals surface area contributed by atoms with E-state index in [0.717, 1.165) is 47.3 Å². The summed E-state index contributed by atoms with van der Waals surface area (Å²) in [5, 5.41) is 10.9. The maximum atomic E-state index is 6.54. The van der Waals surface area contributed by atoms with Gasteiger partial charge in [0.15, 0.2) is 5.82 Å². The molecule has 3 N–H and O–H groups in total. The van der Waals surface area contributed by atoms with Gasteiger partial charge >= 0.3 is 0 Å². The standard InChI is InChI=1S/C27H30ClN9/c1-17-5-4-6-23(32-17)26-29-11-9-24(35-26)34-25-10-12-30-27(36-25)33-21-7-8-22(28)20(13-21)16-37-14-18(2)31-19(3)15-37/h4-13,18-19,31H,14-16H2,1-3H3,(H2,29,30,33,34,35,36)/t18-,19+. The Hall–Kier alpha value is -3.66. The van der Waals surface area contributed by atoms with Crippen LogP contribution in [0.2, 0.25) is 5.02 Å². The second-order valence-electron chi connectivity index (χ2n) is 9.41. The molecule has 0 aliphatic carbocycles. The smallest absolute Gasteiger partial charge is 0.229 e. The maximum absolute atomic E-state index is 6.54. The van der Waals surface area contributed by atoms with E-state index in [-0.39, 0.29) is 0 Å². The van der Waals surface area contributed by atoms with Crippen molar-refractivity contribution in [3.05, 3.63) is 77.2 Å². The minimum absolute atomic E-state index is 0.450. The molecular weight excluding hydrogens is 486 g/mol. The highest BCUT2D eigenvalue weighted by Gasteiger charge is 2.21. The van der Waals surface area contributed by atoms with Gasteiger partial charge in [-0.3, -0.25) is 4.90 Å². The summed E-state index contributed by atoms with van der Waals surface area (Å²) in [5.41, 5.74) is 3.58. The molecule has 10 heteroatoms. The van der Waals surface area contributed by atoms with Gasteiger partial charge in [-0.15, -0.1) is 0 Å². The van der Waals surface area contributed by atoms with E-state index in [1.807, 2.05) is 37.3 Å². The molecule has 4 aromatic rings. The Bertz CT molecular complexity index is 1370. The fraction of sp³-hybridized carbons (Fsp3) is 0.296. The Morgan fingerprint density at radius 2 is 1.68 bits per heavy atom. The highest BCUT2D eigenvalue weighted by molar-refractivity contribution is 6.31. The highest BCUT2D eigenvalue weighted by Crippen LogP contribution is 2.25. The summed E-state index contributed by atoms with van der Waals surface area (Å²) in [4.78, 5) is 24.9. The SMILES string of the molecule is Cc1cccc(-c2nccc(Nc3ccnc(Nc4ccc(Cl)c(CN5C[C@@H](C)N[C@@H](C)C5)c4)n3)n2)n1. The van der Waals surface area contributed by atoms with E-state index < -0.39 is 0 Å². The third kappa shape index (κ3) is 6.56. The second-order valence-corrected chi connectivity index (χ2v) is 9.82. The van der Waals surface area contributed by atoms with Gasteiger partial charge in [-0.2, -0.15) is 4.98 Å². The van der Waals surface area contributed by atoms with Crippen LogP contribution in [0.4, 0.5) is 23.3 Å². The lowest BCUT2D eigenvalue weighted by molar-refractivity contribution is 0.166. The third-order valence-electron chi connectivity index (χ3n) is 6.01. The lowest BCUT2D eigenvalue weighted by Gasteiger charge is -2.36. The minimum Gasteiger partial charge on any atom is -0.325 e. The van der Waals surface area contributed by atoms with Crippen LogP contribution in [0.1, 0.15) is 25.1 Å². The van der Waals surface area contributed by atoms with Gasteiger partial charge in [-0.05, 0) is 68.8 Å². The fourth-order valence-electron chi connectivity index (χ4n) is 4.55. The lowest BCUT2D eigenvalue weighted by Crippen LogP contribution is -2.53. The Morgan fingerprint density at radius 3 is 2.46 bits per heavy atom. The molecule has 1 fully saturated rings. The van der Waals surface area contributed by atoms with Crippen LogP contribution in [0.5, 0.6) is 0 Å². The number of rotatable bonds is 7. The van der Waals surface area contributed by atoms with E-state index in [1.165, 1.54) is 0 Å². The summed E-state index contributed by atoms with van der Waals surface area (Å²) in [7, 11) is 0. The van der Waals surface area contributed by atoms with Crippen molar-refractivity contribution in [3.8, 4) is 11.5 Å². The number of pyridine rings is 1. The molecule has 0 radical (unpaired) electrons. The van der Waals surface area contributed by atoms with E-state index >= 15 is 0 Å². The van der Waals surface area contributed by atoms with Crippen LogP contribution < -0.4 is 16.0 Å². The van der Waals surface area contributed by atoms with Gasteiger partial charge in [-0.1, -0.05) is 17.7 Å². The van der Waals surface area contributed by atoms with Crippen molar-refractivity contribution in [1.29, 1.82) is 0 Å². The molecule has 1 saturated heterocycles. The Labute approximate surface area is 221 Å². The minimum atomic E-state index is 0.450. The molecule has 1 aliphatic rings. The zero-order valence-corrected chi connectivity index (χ0v) is 21.9. The monoisotopic (exact) mass is 515 g/mol. The van der Waals surface area contributed by atoms with Gasteiger partial charge in [0.05, 0.1) is 0 Å². The van der Waals surface area contributed by atoms with Gasteiger partial charge in [0.1, 0.15) is 17.3 Å². The van der Waals surface area contributed by atoms with Crippen LogP contribution in [0.25, 0.3) is 11.5 Å². The zero-order valence-electron chi connectivity index (χ0n) is 21.1. The molecule has 3 aromatic heterocycles. The van der Waals surface area contributed by atoms with Crippen molar-refractivity contribution in [2.75, 3.05) is 23.7 Å². The van der Waals surface area contributed by atoms with Gasteiger partial charge < -0.3 is 16.0 Å². The molecule has 1 aliphatic heterocycles. The van der Waals surface area contributed by atoms with E-state index in [9.17, 15) is 0 Å². The Morgan fingerprint density at radius 1 is 0.919 bits per heavy atom. The Balaban J connectivity index is 1.29. The molecule has 0 spiro atoms. The van der Waals surface area contributed by atoms with Crippen LogP contribution in [0.3, 0.4) is 0 Å². The van der Waals surface area contributed by atoms with E-state index in [1.54, 1.807) is 24.5 Å². The molecule has 190 valence electrons. The predicted octanol–water partition coefficient (Wildman–Crippen LogP) is 4.96. The van der Waals surface area contributed by atoms with Gasteiger partial charge in [-0.25, -0.2) is 19.9 Å². The lowest BCUT2D eigenvalue weighted by atomic mass is 10.1. The number of piperazine rings is 1. The third-order valence-corrected chi connectivity index (χ3v) is 6.38. The quantitative estimate of drug-likeness (QED) is 0.315. The fourth-order valence-corrected chi connectivity index (χ4v) is 4.73. The number of hydrogen-bond acceptors (Lipinski definition) is 9. The zero-order chi connectivity index (χ0) is 25.8. The van der Waals surface area contributed by atoms with Crippen molar-refractivity contribution in [2.24, 2.45) is 0 Å². The average molecular weight is 516 g/mol. The topological polar surface area (TPSA) is 104 Å². The molecule has 0 amide bonds. The first-order valence-electron chi connectivity index (χ1n) is 12.3. The number of nitrogens with zero attached hydrogens (tertiary/aromatic N) is 6. The molecule has 0 unspecified atom stereocenters. The molecule has 37 heavy (non-hydrogen) atoms. The first kappa shape index (κ1) is 25.0. The predicted molar refractivity (Wildman–Crippen MR) is 147 cm³/mol. The molecular formula is C27H30ClN9. The number of aryl methyl sites for hydroxylation is 1. The van der Waals surface area contributed by atoms with E-state index in [4.69, 9.17) is 11.6 Å². The second kappa shape index (κ2) is 11.2. The summed E-state index contributed by atoms with van der Waals surface area (Å²) in [6, 6.07) is 16.2. The van der Waals surface area contributed by atoms with Crippen LogP contribution >= 0.6 is 11.6 Å². The number of benzene rings is 1. The number of halogens is 1. The highest BCUT2D eigenvalue weighted by atomic mass is 35.5. The molecule has 0 bridgehead atoms. The first-order valence-corrected chi connectivity index (χ1v) is 12.7. The van der Waals surface area contributed by atoms with Crippen molar-refractivity contribution in [2.45, 2.75) is 39.4 Å². The van der Waals surface area contributed by atoms with Crippen LogP contribution in [-0.2, 0) is 6.54 Å². The number of nitrogens with one attached hydrogen (secondary N) is 3. The van der Waals surface area contributed by atoms with Crippen molar-refractivity contribution >= 4 is 34.9 Å². The number of anilines is 4. The average Bonchev–Trinajstić information content (AvgIpc) is 2.86. The van der Waals surface area contributed by atoms with Gasteiger partial charge in [0.25, 0.3) is 0 Å². The molecule has 5 rings (SSSR count). The van der Waals surface area contributed by atoms with Gasteiger partial charge in [0, 0.05) is 60.5 Å². The van der Waals surface area contributed by atoms with Crippen LogP contribution in [0, 0.1) is 6.92 Å². The van der Waals surface area contributed by atoms with Crippen molar-refractivity contribution in [1.82, 2.24) is 35.1 Å². The largest absolute Gasteiger partial charge is 0.325 e. The normalized spacial score (nSPS) is 17.9. The van der Waals surface area contributed by atoms with E-state index in [2.05, 4.69) is 65.7 Å². The number of hydrogen-bond donors (Lipinski definition) is 3. The molecule has 2 atom stereocenters. The number of aromatic nitrogens is 5. The van der Waals surface area contributed by atoms with Crippen LogP contribution in [-0.4, -0.2) is 55.0 Å². The molecule has 1 aromatic carbocycles. The molecule has 4 heterocycles.